The van der Waals surface area contributed by atoms with Gasteiger partial charge in [-0.25, -0.2) is 0 Å². The van der Waals surface area contributed by atoms with Gasteiger partial charge in [-0.05, 0) is 37.4 Å². The summed E-state index contributed by atoms with van der Waals surface area (Å²) in [7, 11) is 1.85. The molecule has 0 unspecified atom stereocenters. The highest BCUT2D eigenvalue weighted by Gasteiger charge is 2.24. The van der Waals surface area contributed by atoms with Crippen LogP contribution >= 0.6 is 0 Å². The van der Waals surface area contributed by atoms with Gasteiger partial charge in [-0.2, -0.15) is 0 Å². The van der Waals surface area contributed by atoms with Crippen LogP contribution in [0.15, 0.2) is 36.7 Å². The Kier molecular flexibility index (Phi) is 4.40. The van der Waals surface area contributed by atoms with Gasteiger partial charge in [0.1, 0.15) is 11.9 Å². The van der Waals surface area contributed by atoms with Crippen molar-refractivity contribution in [3.05, 3.63) is 42.2 Å². The second kappa shape index (κ2) is 6.84. The molecule has 4 rings (SSSR count). The molecule has 3 heterocycles. The number of para-hydroxylation sites is 1. The Morgan fingerprint density at radius 3 is 3.04 bits per heavy atom. The van der Waals surface area contributed by atoms with Crippen molar-refractivity contribution in [2.24, 2.45) is 0 Å². The molecule has 1 atom stereocenters. The molecule has 5 nitrogen and oxygen atoms in total. The number of aryl methyl sites for hydroxylation is 1. The average Bonchev–Trinajstić information content (AvgIpc) is 2.65. The Bertz CT molecular complexity index is 784. The van der Waals surface area contributed by atoms with Crippen LogP contribution in [-0.2, 0) is 11.2 Å². The van der Waals surface area contributed by atoms with Gasteiger partial charge in [0, 0.05) is 37.3 Å². The largest absolute Gasteiger partial charge is 0.487 e. The fraction of sp³-hybridized carbons (Fsp3) is 0.400. The van der Waals surface area contributed by atoms with E-state index in [-0.39, 0.29) is 12.0 Å². The van der Waals surface area contributed by atoms with Gasteiger partial charge in [0.2, 0.25) is 5.91 Å². The highest BCUT2D eigenvalue weighted by atomic mass is 16.5. The predicted octanol–water partition coefficient (Wildman–Crippen LogP) is 2.79. The molecule has 0 aliphatic carbocycles. The minimum atomic E-state index is 0.161. The number of amides is 1. The molecular weight excluding hydrogens is 314 g/mol. The first-order valence-electron chi connectivity index (χ1n) is 8.93. The molecule has 130 valence electrons. The number of carbonyl (C=O) groups excluding carboxylic acids is 1. The van der Waals surface area contributed by atoms with Crippen molar-refractivity contribution in [3.63, 3.8) is 0 Å². The topological polar surface area (TPSA) is 54.5 Å². The molecule has 1 N–H and O–H groups in total. The van der Waals surface area contributed by atoms with Crippen LogP contribution in [0.3, 0.4) is 0 Å². The third-order valence-corrected chi connectivity index (χ3v) is 5.02. The van der Waals surface area contributed by atoms with Crippen LogP contribution in [0.2, 0.25) is 0 Å². The van der Waals surface area contributed by atoms with E-state index in [1.165, 1.54) is 5.56 Å². The van der Waals surface area contributed by atoms with Crippen molar-refractivity contribution >= 4 is 11.6 Å². The summed E-state index contributed by atoms with van der Waals surface area (Å²) >= 11 is 0. The van der Waals surface area contributed by atoms with Gasteiger partial charge in [-0.1, -0.05) is 18.2 Å². The van der Waals surface area contributed by atoms with E-state index in [4.69, 9.17) is 4.74 Å². The van der Waals surface area contributed by atoms with E-state index in [1.807, 2.05) is 19.3 Å². The maximum atomic E-state index is 12.1. The SMILES string of the molecule is CN1C(=O)CCc2cccc(-c3cncc(O[C@H]4CCCNC4)c3)c21. The molecular formula is C20H23N3O2. The Hall–Kier alpha value is -2.40. The molecule has 2 aromatic rings. The first-order chi connectivity index (χ1) is 12.2. The lowest BCUT2D eigenvalue weighted by Crippen LogP contribution is -2.37. The van der Waals surface area contributed by atoms with Crippen molar-refractivity contribution in [1.82, 2.24) is 10.3 Å². The van der Waals surface area contributed by atoms with E-state index in [0.717, 1.165) is 54.9 Å². The number of nitrogens with one attached hydrogen (secondary N) is 1. The highest BCUT2D eigenvalue weighted by Crippen LogP contribution is 2.37. The van der Waals surface area contributed by atoms with Gasteiger partial charge in [0.15, 0.2) is 0 Å². The standard InChI is InChI=1S/C20H23N3O2/c1-23-19(24)8-7-14-4-2-6-18(20(14)23)15-10-17(13-22-11-15)25-16-5-3-9-21-12-16/h2,4,6,10-11,13,16,21H,3,5,7-9,12H2,1H3/t16-/m0/s1. The number of rotatable bonds is 3. The summed E-state index contributed by atoms with van der Waals surface area (Å²) < 4.78 is 6.10. The Morgan fingerprint density at radius 2 is 2.20 bits per heavy atom. The second-order valence-corrected chi connectivity index (χ2v) is 6.76. The Labute approximate surface area is 148 Å². The molecule has 1 aromatic heterocycles. The maximum absolute atomic E-state index is 12.1. The third-order valence-electron chi connectivity index (χ3n) is 5.02. The first-order valence-corrected chi connectivity index (χ1v) is 8.93. The second-order valence-electron chi connectivity index (χ2n) is 6.76. The number of benzene rings is 1. The Morgan fingerprint density at radius 1 is 1.28 bits per heavy atom. The summed E-state index contributed by atoms with van der Waals surface area (Å²) in [5, 5.41) is 3.36. The number of anilines is 1. The summed E-state index contributed by atoms with van der Waals surface area (Å²) in [4.78, 5) is 18.3. The zero-order valence-electron chi connectivity index (χ0n) is 14.5. The van der Waals surface area contributed by atoms with Gasteiger partial charge in [-0.15, -0.1) is 0 Å². The zero-order chi connectivity index (χ0) is 17.2. The van der Waals surface area contributed by atoms with Crippen LogP contribution < -0.4 is 15.0 Å². The minimum Gasteiger partial charge on any atom is -0.487 e. The number of ether oxygens (including phenoxy) is 1. The molecule has 2 aliphatic rings. The van der Waals surface area contributed by atoms with Gasteiger partial charge in [0.05, 0.1) is 11.9 Å². The highest BCUT2D eigenvalue weighted by molar-refractivity contribution is 6.00. The monoisotopic (exact) mass is 337 g/mol. The number of aromatic nitrogens is 1. The van der Waals surface area contributed by atoms with Gasteiger partial charge < -0.3 is 15.0 Å². The van der Waals surface area contributed by atoms with Gasteiger partial charge in [-0.3, -0.25) is 9.78 Å². The lowest BCUT2D eigenvalue weighted by molar-refractivity contribution is -0.118. The molecule has 0 bridgehead atoms. The quantitative estimate of drug-likeness (QED) is 0.936. The summed E-state index contributed by atoms with van der Waals surface area (Å²) in [6.07, 6.45) is 7.37. The van der Waals surface area contributed by atoms with Crippen LogP contribution in [0.4, 0.5) is 5.69 Å². The molecule has 25 heavy (non-hydrogen) atoms. The maximum Gasteiger partial charge on any atom is 0.227 e. The summed E-state index contributed by atoms with van der Waals surface area (Å²) in [5.74, 6) is 0.946. The number of hydrogen-bond acceptors (Lipinski definition) is 4. The summed E-state index contributed by atoms with van der Waals surface area (Å²) in [6, 6.07) is 8.24. The molecule has 1 fully saturated rings. The fourth-order valence-electron chi connectivity index (χ4n) is 3.70. The molecule has 0 spiro atoms. The summed E-state index contributed by atoms with van der Waals surface area (Å²) in [5.41, 5.74) is 4.23. The van der Waals surface area contributed by atoms with Crippen molar-refractivity contribution in [2.75, 3.05) is 25.0 Å². The lowest BCUT2D eigenvalue weighted by Gasteiger charge is -2.28. The van der Waals surface area contributed by atoms with Crippen molar-refractivity contribution in [3.8, 4) is 16.9 Å². The fourth-order valence-corrected chi connectivity index (χ4v) is 3.70. The molecule has 1 aromatic carbocycles. The first kappa shape index (κ1) is 16.1. The molecule has 1 amide bonds. The predicted molar refractivity (Wildman–Crippen MR) is 97.9 cm³/mol. The van der Waals surface area contributed by atoms with Crippen LogP contribution in [0.5, 0.6) is 5.75 Å². The average molecular weight is 337 g/mol. The van der Waals surface area contributed by atoms with E-state index in [9.17, 15) is 4.79 Å². The van der Waals surface area contributed by atoms with E-state index >= 15 is 0 Å². The van der Waals surface area contributed by atoms with Crippen LogP contribution in [0, 0.1) is 0 Å². The van der Waals surface area contributed by atoms with Crippen molar-refractivity contribution in [1.29, 1.82) is 0 Å². The van der Waals surface area contributed by atoms with E-state index in [1.54, 1.807) is 11.1 Å². The van der Waals surface area contributed by atoms with Crippen LogP contribution in [0.1, 0.15) is 24.8 Å². The number of carbonyl (C=O) groups is 1. The molecule has 1 saturated heterocycles. The zero-order valence-corrected chi connectivity index (χ0v) is 14.5. The van der Waals surface area contributed by atoms with Crippen molar-refractivity contribution in [2.45, 2.75) is 31.8 Å². The lowest BCUT2D eigenvalue weighted by atomic mass is 9.94. The molecule has 5 heteroatoms. The third kappa shape index (κ3) is 3.24. The number of hydrogen-bond donors (Lipinski definition) is 1. The van der Waals surface area contributed by atoms with Crippen molar-refractivity contribution < 1.29 is 9.53 Å². The van der Waals surface area contributed by atoms with E-state index in [2.05, 4.69) is 28.5 Å². The molecule has 0 radical (unpaired) electrons. The van der Waals surface area contributed by atoms with Crippen LogP contribution in [0.25, 0.3) is 11.1 Å². The normalized spacial score (nSPS) is 20.3. The van der Waals surface area contributed by atoms with Gasteiger partial charge in [0.25, 0.3) is 0 Å². The van der Waals surface area contributed by atoms with E-state index in [0.29, 0.717) is 6.42 Å². The van der Waals surface area contributed by atoms with E-state index < -0.39 is 0 Å². The molecule has 2 aliphatic heterocycles. The summed E-state index contributed by atoms with van der Waals surface area (Å²) in [6.45, 7) is 1.94. The minimum absolute atomic E-state index is 0.161. The smallest absolute Gasteiger partial charge is 0.227 e. The Balaban J connectivity index is 1.66. The number of pyridine rings is 1. The molecule has 0 saturated carbocycles. The van der Waals surface area contributed by atoms with Gasteiger partial charge >= 0.3 is 0 Å². The number of fused-ring (bicyclic) bond motifs is 1. The number of piperidine rings is 1. The number of nitrogens with zero attached hydrogens (tertiary/aromatic N) is 2. The van der Waals surface area contributed by atoms with Crippen LogP contribution in [-0.4, -0.2) is 37.1 Å².